The fourth-order valence-electron chi connectivity index (χ4n) is 3.85. The molecule has 6 heteroatoms. The van der Waals surface area contributed by atoms with E-state index in [1.807, 2.05) is 0 Å². The first-order valence-corrected chi connectivity index (χ1v) is 9.45. The minimum atomic E-state index is -0.322. The van der Waals surface area contributed by atoms with E-state index < -0.39 is 0 Å². The number of carbonyl (C=O) groups is 1. The largest absolute Gasteiger partial charge is 0.355 e. The van der Waals surface area contributed by atoms with Gasteiger partial charge in [-0.05, 0) is 56.8 Å². The maximum absolute atomic E-state index is 12.2. The molecule has 2 atom stereocenters. The van der Waals surface area contributed by atoms with Crippen LogP contribution in [0.1, 0.15) is 44.9 Å². The van der Waals surface area contributed by atoms with E-state index in [-0.39, 0.29) is 5.97 Å². The van der Waals surface area contributed by atoms with E-state index in [2.05, 4.69) is 4.90 Å². The molecule has 1 aromatic rings. The first kappa shape index (κ1) is 17.8. The van der Waals surface area contributed by atoms with Crippen molar-refractivity contribution >= 4 is 29.2 Å². The summed E-state index contributed by atoms with van der Waals surface area (Å²) in [5, 5.41) is 0.803. The molecule has 0 radical (unpaired) electrons. The van der Waals surface area contributed by atoms with Gasteiger partial charge < -0.3 is 4.90 Å². The average Bonchev–Trinajstić information content (AvgIpc) is 3.11. The normalized spacial score (nSPS) is 24.8. The molecule has 1 aromatic carbocycles. The van der Waals surface area contributed by atoms with E-state index >= 15 is 0 Å². The zero-order valence-electron chi connectivity index (χ0n) is 13.7. The van der Waals surface area contributed by atoms with Crippen LogP contribution in [0.15, 0.2) is 18.2 Å². The summed E-state index contributed by atoms with van der Waals surface area (Å²) in [4.78, 5) is 24.8. The Morgan fingerprint density at radius 2 is 1.83 bits per heavy atom. The lowest BCUT2D eigenvalue weighted by Crippen LogP contribution is -2.41. The topological polar surface area (TPSA) is 38.8 Å². The van der Waals surface area contributed by atoms with Crippen LogP contribution in [0.5, 0.6) is 5.75 Å². The molecule has 0 spiro atoms. The molecule has 24 heavy (non-hydrogen) atoms. The minimum absolute atomic E-state index is 0.322. The number of benzene rings is 1. The highest BCUT2D eigenvalue weighted by Gasteiger charge is 2.33. The van der Waals surface area contributed by atoms with Crippen molar-refractivity contribution in [3.05, 3.63) is 28.2 Å². The average molecular weight is 372 g/mol. The molecule has 1 aliphatic carbocycles. The predicted octanol–water partition coefficient (Wildman–Crippen LogP) is 4.88. The van der Waals surface area contributed by atoms with E-state index in [4.69, 9.17) is 33.0 Å². The van der Waals surface area contributed by atoms with Crippen molar-refractivity contribution in [2.45, 2.75) is 51.0 Å². The van der Waals surface area contributed by atoms with E-state index in [0.29, 0.717) is 34.2 Å². The van der Waals surface area contributed by atoms with Gasteiger partial charge in [0.25, 0.3) is 0 Å². The Hall–Kier alpha value is -0.970. The van der Waals surface area contributed by atoms with Crippen molar-refractivity contribution in [2.24, 2.45) is 5.92 Å². The first-order chi connectivity index (χ1) is 11.6. The summed E-state index contributed by atoms with van der Waals surface area (Å²) in [6.45, 7) is 2.33. The van der Waals surface area contributed by atoms with Crippen molar-refractivity contribution in [1.29, 1.82) is 0 Å². The van der Waals surface area contributed by atoms with Crippen LogP contribution in [0, 0.1) is 5.92 Å². The van der Waals surface area contributed by atoms with Crippen LogP contribution >= 0.6 is 23.2 Å². The number of halogens is 2. The van der Waals surface area contributed by atoms with Gasteiger partial charge in [0.15, 0.2) is 5.75 Å². The monoisotopic (exact) mass is 371 g/mol. The molecule has 2 fully saturated rings. The van der Waals surface area contributed by atoms with Crippen LogP contribution in [-0.4, -0.2) is 30.0 Å². The van der Waals surface area contributed by atoms with E-state index in [1.54, 1.807) is 12.1 Å². The zero-order valence-corrected chi connectivity index (χ0v) is 15.2. The standard InChI is InChI=1S/C18H23Cl2NO3/c19-15-8-7-14(12-16(15)20)23-24-18(22)11-13-5-1-2-6-17(13)21-9-3-4-10-21/h7-8,12-13,17H,1-6,9-11H2. The first-order valence-electron chi connectivity index (χ1n) is 8.70. The van der Waals surface area contributed by atoms with Gasteiger partial charge >= 0.3 is 5.97 Å². The summed E-state index contributed by atoms with van der Waals surface area (Å²) < 4.78 is 0. The summed E-state index contributed by atoms with van der Waals surface area (Å²) in [6, 6.07) is 5.27. The molecule has 132 valence electrons. The van der Waals surface area contributed by atoms with Crippen LogP contribution < -0.4 is 4.89 Å². The zero-order chi connectivity index (χ0) is 16.9. The lowest BCUT2D eigenvalue weighted by Gasteiger charge is -2.37. The number of rotatable bonds is 5. The Labute approximate surface area is 152 Å². The molecule has 4 nitrogen and oxygen atoms in total. The number of likely N-dealkylation sites (tertiary alicyclic amines) is 1. The second-order valence-corrected chi connectivity index (χ2v) is 7.49. The van der Waals surface area contributed by atoms with Crippen LogP contribution in [0.2, 0.25) is 10.0 Å². The third-order valence-corrected chi connectivity index (χ3v) is 5.77. The van der Waals surface area contributed by atoms with Gasteiger partial charge in [-0.1, -0.05) is 36.0 Å². The van der Waals surface area contributed by atoms with Crippen molar-refractivity contribution in [2.75, 3.05) is 13.1 Å². The summed E-state index contributed by atoms with van der Waals surface area (Å²) in [7, 11) is 0. The van der Waals surface area contributed by atoms with Crippen LogP contribution in [-0.2, 0) is 9.68 Å². The molecule has 1 aliphatic heterocycles. The Balaban J connectivity index is 1.51. The van der Waals surface area contributed by atoms with Crippen LogP contribution in [0.3, 0.4) is 0 Å². The van der Waals surface area contributed by atoms with Gasteiger partial charge in [-0.15, -0.1) is 0 Å². The Kier molecular flexibility index (Phi) is 6.25. The lowest BCUT2D eigenvalue weighted by molar-refractivity contribution is -0.215. The molecule has 0 aromatic heterocycles. The second kappa shape index (κ2) is 8.41. The van der Waals surface area contributed by atoms with Gasteiger partial charge in [-0.2, -0.15) is 0 Å². The van der Waals surface area contributed by atoms with Crippen molar-refractivity contribution < 1.29 is 14.6 Å². The smallest absolute Gasteiger partial charge is 0.300 e. The molecule has 2 aliphatic rings. The number of carbonyl (C=O) groups excluding carboxylic acids is 1. The quantitative estimate of drug-likeness (QED) is 0.546. The van der Waals surface area contributed by atoms with Crippen molar-refractivity contribution in [1.82, 2.24) is 4.90 Å². The summed E-state index contributed by atoms with van der Waals surface area (Å²) in [5.74, 6) is 0.413. The van der Waals surface area contributed by atoms with Gasteiger partial charge in [0.05, 0.1) is 16.5 Å². The molecule has 1 saturated carbocycles. The van der Waals surface area contributed by atoms with Gasteiger partial charge in [0.1, 0.15) is 0 Å². The van der Waals surface area contributed by atoms with Crippen LogP contribution in [0.25, 0.3) is 0 Å². The third-order valence-electron chi connectivity index (χ3n) is 5.03. The summed E-state index contributed by atoms with van der Waals surface area (Å²) >= 11 is 11.8. The van der Waals surface area contributed by atoms with Crippen molar-refractivity contribution in [3.63, 3.8) is 0 Å². The summed E-state index contributed by atoms with van der Waals surface area (Å²) in [6.07, 6.45) is 7.67. The third kappa shape index (κ3) is 4.56. The van der Waals surface area contributed by atoms with E-state index in [9.17, 15) is 4.79 Å². The molecule has 3 rings (SSSR count). The second-order valence-electron chi connectivity index (χ2n) is 6.67. The Morgan fingerprint density at radius 1 is 1.08 bits per heavy atom. The molecular formula is C18H23Cl2NO3. The Bertz CT molecular complexity index is 575. The predicted molar refractivity (Wildman–Crippen MR) is 94.4 cm³/mol. The van der Waals surface area contributed by atoms with Crippen LogP contribution in [0.4, 0.5) is 0 Å². The van der Waals surface area contributed by atoms with Gasteiger partial charge in [-0.25, -0.2) is 4.79 Å². The van der Waals surface area contributed by atoms with Gasteiger partial charge in [0.2, 0.25) is 0 Å². The summed E-state index contributed by atoms with van der Waals surface area (Å²) in [5.41, 5.74) is 0. The SMILES string of the molecule is O=C(CC1CCCCC1N1CCCC1)OOc1ccc(Cl)c(Cl)c1. The van der Waals surface area contributed by atoms with E-state index in [1.165, 1.54) is 38.2 Å². The fraction of sp³-hybridized carbons (Fsp3) is 0.611. The number of hydrogen-bond donors (Lipinski definition) is 0. The highest BCUT2D eigenvalue weighted by molar-refractivity contribution is 6.42. The number of nitrogens with zero attached hydrogens (tertiary/aromatic N) is 1. The van der Waals surface area contributed by atoms with Crippen molar-refractivity contribution in [3.8, 4) is 5.75 Å². The molecular weight excluding hydrogens is 349 g/mol. The molecule has 0 bridgehead atoms. The fourth-order valence-corrected chi connectivity index (χ4v) is 4.14. The molecule has 2 unspecified atom stereocenters. The molecule has 1 heterocycles. The number of hydrogen-bond acceptors (Lipinski definition) is 4. The molecule has 0 N–H and O–H groups in total. The van der Waals surface area contributed by atoms with Gasteiger partial charge in [-0.3, -0.25) is 9.78 Å². The maximum atomic E-state index is 12.2. The highest BCUT2D eigenvalue weighted by atomic mass is 35.5. The van der Waals surface area contributed by atoms with E-state index in [0.717, 1.165) is 19.5 Å². The highest BCUT2D eigenvalue weighted by Crippen LogP contribution is 2.33. The molecule has 0 amide bonds. The molecule has 1 saturated heterocycles. The lowest BCUT2D eigenvalue weighted by atomic mass is 9.81. The minimum Gasteiger partial charge on any atom is -0.300 e. The van der Waals surface area contributed by atoms with Gasteiger partial charge in [0, 0.05) is 12.1 Å². The Morgan fingerprint density at radius 3 is 2.58 bits per heavy atom. The maximum Gasteiger partial charge on any atom is 0.355 e.